The maximum Gasteiger partial charge on any atom is 0.417 e. The molecule has 4 heterocycles. The molecule has 3 saturated carbocycles. The third kappa shape index (κ3) is 17.7. The number of benzene rings is 8. The Morgan fingerprint density at radius 3 is 1.67 bits per heavy atom. The maximum atomic E-state index is 15.5. The molecule has 1 amide bonds. The summed E-state index contributed by atoms with van der Waals surface area (Å²) in [4.78, 5) is 97.6. The fourth-order valence-electron chi connectivity index (χ4n) is 10.6. The van der Waals surface area contributed by atoms with Crippen LogP contribution in [0.15, 0.2) is 222 Å². The van der Waals surface area contributed by atoms with E-state index < -0.39 is 53.1 Å². The molecule has 2 aliphatic heterocycles. The van der Waals surface area contributed by atoms with E-state index in [1.54, 1.807) is 72.6 Å². The van der Waals surface area contributed by atoms with Crippen molar-refractivity contribution in [3.05, 3.63) is 260 Å². The Hall–Kier alpha value is -11.5. The van der Waals surface area contributed by atoms with Crippen molar-refractivity contribution in [1.29, 1.82) is 0 Å². The van der Waals surface area contributed by atoms with Gasteiger partial charge in [-0.1, -0.05) is 66.7 Å². The number of hydrogen-bond donors (Lipinski definition) is 3. The van der Waals surface area contributed by atoms with Crippen LogP contribution in [0.4, 0.5) is 13.2 Å². The van der Waals surface area contributed by atoms with Crippen molar-refractivity contribution in [1.82, 2.24) is 14.9 Å². The lowest BCUT2D eigenvalue weighted by molar-refractivity contribution is -0.153. The molecule has 0 spiro atoms. The molecule has 19 nitrogen and oxygen atoms in total. The fourth-order valence-corrected chi connectivity index (χ4v) is 10.6. The number of hydrogen-bond acceptors (Lipinski definition) is 16. The Morgan fingerprint density at radius 2 is 1.13 bits per heavy atom. The predicted octanol–water partition coefficient (Wildman–Crippen LogP) is 14.2. The highest BCUT2D eigenvalue weighted by molar-refractivity contribution is 6.38. The number of aldehydes is 1. The summed E-state index contributed by atoms with van der Waals surface area (Å²) < 4.78 is 74.2. The summed E-state index contributed by atoms with van der Waals surface area (Å²) in [6, 6.07) is 50.5. The second-order valence-electron chi connectivity index (χ2n) is 23.5. The van der Waals surface area contributed by atoms with E-state index in [4.69, 9.17) is 33.8 Å². The summed E-state index contributed by atoms with van der Waals surface area (Å²) in [7, 11) is 0. The number of oxazole rings is 2. The minimum atomic E-state index is -1.05. The third-order valence-electron chi connectivity index (χ3n) is 16.1. The first-order valence-corrected chi connectivity index (χ1v) is 31.9. The van der Waals surface area contributed by atoms with Crippen LogP contribution in [0.3, 0.4) is 0 Å². The van der Waals surface area contributed by atoms with Crippen LogP contribution in [0.1, 0.15) is 95.3 Å². The van der Waals surface area contributed by atoms with E-state index in [9.17, 15) is 42.3 Å². The first kappa shape index (κ1) is 67.9. The highest BCUT2D eigenvalue weighted by atomic mass is 19.1. The summed E-state index contributed by atoms with van der Waals surface area (Å²) in [5.41, 5.74) is 9.82. The number of H-pyrrole nitrogens is 2. The highest BCUT2D eigenvalue weighted by Crippen LogP contribution is 2.47. The van der Waals surface area contributed by atoms with Gasteiger partial charge in [-0.05, 0) is 185 Å². The molecule has 0 bridgehead atoms. The molecule has 500 valence electrons. The second kappa shape index (κ2) is 31.8. The van der Waals surface area contributed by atoms with Crippen molar-refractivity contribution in [2.45, 2.75) is 57.9 Å². The van der Waals surface area contributed by atoms with E-state index in [1.807, 2.05) is 84.9 Å². The molecule has 2 aromatic heterocycles. The monoisotopic (exact) mass is 1330 g/mol. The van der Waals surface area contributed by atoms with Crippen molar-refractivity contribution in [2.75, 3.05) is 32.8 Å². The number of aliphatic imine (C=N–C) groups is 2. The standard InChI is InChI=1S/C29H22FN3O4.C17H16FNO.C13H9FO2.C13H11NO6.C4H9N/c30-22-12-11-18(36-17-5-2-1-3-6-17)13-20(22)26-24-21(28(34)33(26)15-16-9-10-16)14-31-25(24)19-7-4-8-23-27(19)37-29(35)32-23;18-17-9-8-16(20-15-4-2-1-3-5-15)10-14(17)12-19-11-13-6-7-13;14-13-7-6-12(8-10(13)9-15)16-11-4-2-1-3-5-11;1-2-19-12(17)10(16)6-9(15)7-4-3-5-8-11(7)20-13(18)14-8;5-3-4-1-2-4/h1-8,11-13,16,26H,9-10,14-15H2,(H,32,35);1-5,8-10,12-13H,6-7,11H2;1-9H;3-5H,2,6H2,1H3,(H,14,18);4H,1-3,5H2. The molecular weight excluding hydrogens is 1260 g/mol. The fraction of sp³-hybridized carbons (Fsp3) is 0.224. The van der Waals surface area contributed by atoms with Gasteiger partial charge in [0.25, 0.3) is 5.91 Å². The average Bonchev–Trinajstić information content (AvgIpc) is 1.57. The van der Waals surface area contributed by atoms with Gasteiger partial charge in [0.05, 0.1) is 53.5 Å². The number of Topliss-reactive ketones (excluding diaryl/α,β-unsaturated/α-hetero) is 2. The van der Waals surface area contributed by atoms with Gasteiger partial charge in [-0.25, -0.2) is 27.6 Å². The number of rotatable bonds is 20. The normalized spacial score (nSPS) is 15.1. The number of carbonyl (C=O) groups excluding carboxylic acids is 5. The molecular formula is C76H67F3N6O13. The lowest BCUT2D eigenvalue weighted by Crippen LogP contribution is -2.34. The molecule has 3 aliphatic carbocycles. The van der Waals surface area contributed by atoms with Crippen molar-refractivity contribution < 1.29 is 64.9 Å². The zero-order valence-corrected chi connectivity index (χ0v) is 53.1. The minimum absolute atomic E-state index is 0.00608. The zero-order valence-electron chi connectivity index (χ0n) is 53.1. The van der Waals surface area contributed by atoms with Crippen LogP contribution in [-0.2, 0) is 19.1 Å². The third-order valence-corrected chi connectivity index (χ3v) is 16.1. The van der Waals surface area contributed by atoms with Crippen LogP contribution < -0.4 is 31.5 Å². The zero-order chi connectivity index (χ0) is 68.7. The quantitative estimate of drug-likeness (QED) is 0.0160. The van der Waals surface area contributed by atoms with Crippen molar-refractivity contribution in [3.63, 3.8) is 0 Å². The van der Waals surface area contributed by atoms with Crippen molar-refractivity contribution in [2.24, 2.45) is 33.5 Å². The molecule has 8 aromatic carbocycles. The first-order valence-electron chi connectivity index (χ1n) is 31.9. The number of nitrogens with two attached hydrogens (primary N) is 1. The van der Waals surface area contributed by atoms with Gasteiger partial charge in [-0.2, -0.15) is 0 Å². The Morgan fingerprint density at radius 1 is 0.612 bits per heavy atom. The Labute approximate surface area is 559 Å². The average molecular weight is 1330 g/mol. The molecule has 0 saturated heterocycles. The summed E-state index contributed by atoms with van der Waals surface area (Å²) in [6.07, 6.45) is 8.80. The van der Waals surface area contributed by atoms with Crippen LogP contribution >= 0.6 is 0 Å². The van der Waals surface area contributed by atoms with Gasteiger partial charge < -0.3 is 38.4 Å². The minimum Gasteiger partial charge on any atom is -0.460 e. The number of nitrogens with zero attached hydrogens (tertiary/aromatic N) is 3. The van der Waals surface area contributed by atoms with E-state index in [0.29, 0.717) is 104 Å². The number of carbonyl (C=O) groups is 5. The van der Waals surface area contributed by atoms with Gasteiger partial charge in [0, 0.05) is 47.1 Å². The van der Waals surface area contributed by atoms with E-state index in [1.165, 1.54) is 68.1 Å². The number of aromatic amines is 2. The van der Waals surface area contributed by atoms with Crippen molar-refractivity contribution >= 4 is 63.9 Å². The van der Waals surface area contributed by atoms with Gasteiger partial charge in [-0.15, -0.1) is 0 Å². The second-order valence-corrected chi connectivity index (χ2v) is 23.5. The predicted molar refractivity (Wildman–Crippen MR) is 361 cm³/mol. The molecule has 1 unspecified atom stereocenters. The van der Waals surface area contributed by atoms with Crippen LogP contribution in [0, 0.1) is 35.2 Å². The van der Waals surface area contributed by atoms with Crippen LogP contribution in [0.2, 0.25) is 0 Å². The van der Waals surface area contributed by atoms with Crippen LogP contribution in [0.5, 0.6) is 34.5 Å². The molecule has 1 atom stereocenters. The van der Waals surface area contributed by atoms with Gasteiger partial charge in [0.2, 0.25) is 5.78 Å². The van der Waals surface area contributed by atoms with Crippen LogP contribution in [0.25, 0.3) is 22.2 Å². The lowest BCUT2D eigenvalue weighted by Gasteiger charge is -2.29. The van der Waals surface area contributed by atoms with Crippen molar-refractivity contribution in [3.8, 4) is 34.5 Å². The Balaban J connectivity index is 0.000000137. The molecule has 15 rings (SSSR count). The number of amides is 1. The van der Waals surface area contributed by atoms with E-state index in [0.717, 1.165) is 37.6 Å². The van der Waals surface area contributed by atoms with Gasteiger partial charge in [-0.3, -0.25) is 39.1 Å². The topological polar surface area (TPSA) is 268 Å². The molecule has 5 aliphatic rings. The summed E-state index contributed by atoms with van der Waals surface area (Å²) >= 11 is 0. The first-order chi connectivity index (χ1) is 47.6. The summed E-state index contributed by atoms with van der Waals surface area (Å²) in [5, 5.41) is 0. The number of ketones is 2. The summed E-state index contributed by atoms with van der Waals surface area (Å²) in [6.45, 7) is 4.08. The molecule has 22 heteroatoms. The Kier molecular flexibility index (Phi) is 22.0. The SMILES string of the molecule is CCOC(=O)C(=O)CC(=O)c1cccc2[nH]c(=O)oc12.Fc1ccc(Oc2ccccc2)cc1C=NCC1CC1.NCC1CC1.O=C1C2=C(C(c3cccc4[nH]c(=O)oc34)=NC2)C(c2cc(Oc3ccccc3)ccc2F)N1CC1CC1.O=Cc1cc(Oc2ccccc2)ccc1F. The highest BCUT2D eigenvalue weighted by Gasteiger charge is 2.47. The number of nitrogens with one attached hydrogen (secondary N) is 2. The molecule has 3 fully saturated rings. The number of ether oxygens (including phenoxy) is 4. The number of esters is 1. The molecule has 98 heavy (non-hydrogen) atoms. The number of aromatic nitrogens is 2. The van der Waals surface area contributed by atoms with E-state index in [-0.39, 0.29) is 41.6 Å². The Bertz CT molecular complexity index is 4750. The smallest absolute Gasteiger partial charge is 0.417 e. The molecule has 0 radical (unpaired) electrons. The van der Waals surface area contributed by atoms with Gasteiger partial charge in [0.1, 0.15) is 51.9 Å². The molecule has 4 N–H and O–H groups in total. The van der Waals surface area contributed by atoms with E-state index >= 15 is 4.39 Å². The lowest BCUT2D eigenvalue weighted by atomic mass is 9.91. The van der Waals surface area contributed by atoms with Gasteiger partial charge in [0.15, 0.2) is 23.2 Å². The van der Waals surface area contributed by atoms with Crippen LogP contribution in [-0.4, -0.2) is 89.3 Å². The van der Waals surface area contributed by atoms with E-state index in [2.05, 4.69) is 19.7 Å². The number of halogens is 3. The number of para-hydroxylation sites is 5. The summed E-state index contributed by atoms with van der Waals surface area (Å²) in [5.74, 6) is 0.335. The van der Waals surface area contributed by atoms with Gasteiger partial charge >= 0.3 is 17.5 Å². The maximum absolute atomic E-state index is 15.5. The number of fused-ring (bicyclic) bond motifs is 2. The molecule has 10 aromatic rings. The largest absolute Gasteiger partial charge is 0.460 e.